The summed E-state index contributed by atoms with van der Waals surface area (Å²) in [5.41, 5.74) is 12.8. The van der Waals surface area contributed by atoms with Crippen molar-refractivity contribution in [2.45, 2.75) is 48.8 Å². The highest BCUT2D eigenvalue weighted by atomic mass is 35.5. The number of imidazole rings is 1. The fraction of sp³-hybridized carbons (Fsp3) is 0.294. The van der Waals surface area contributed by atoms with Gasteiger partial charge in [0.1, 0.15) is 16.5 Å². The minimum Gasteiger partial charge on any atom is -0.482 e. The molecule has 244 valence electrons. The first kappa shape index (κ1) is 33.0. The predicted octanol–water partition coefficient (Wildman–Crippen LogP) is 6.12. The molecular weight excluding hydrogens is 659 g/mol. The van der Waals surface area contributed by atoms with Gasteiger partial charge in [-0.3, -0.25) is 0 Å². The Labute approximate surface area is 287 Å². The number of halogens is 2. The van der Waals surface area contributed by atoms with E-state index >= 15 is 0 Å². The summed E-state index contributed by atoms with van der Waals surface area (Å²) in [6.07, 6.45) is 6.64. The van der Waals surface area contributed by atoms with Crippen molar-refractivity contribution in [3.8, 4) is 17.0 Å². The molecule has 1 atom stereocenters. The first-order valence-corrected chi connectivity index (χ1v) is 16.3. The van der Waals surface area contributed by atoms with Crippen molar-refractivity contribution in [1.29, 1.82) is 0 Å². The molecule has 1 saturated heterocycles. The second-order valence-corrected chi connectivity index (χ2v) is 13.3. The number of aryl methyl sites for hydroxylation is 1. The number of ether oxygens (including phenoxy) is 1. The normalized spacial score (nSPS) is 16.7. The van der Waals surface area contributed by atoms with Crippen LogP contribution in [0.5, 0.6) is 5.75 Å². The summed E-state index contributed by atoms with van der Waals surface area (Å²) in [7, 11) is 0. The van der Waals surface area contributed by atoms with Crippen molar-refractivity contribution in [3.05, 3.63) is 94.5 Å². The van der Waals surface area contributed by atoms with Crippen molar-refractivity contribution < 1.29 is 19.7 Å². The number of hydrogen-bond acceptors (Lipinski definition) is 9. The van der Waals surface area contributed by atoms with Gasteiger partial charge in [0.05, 0.1) is 23.0 Å². The van der Waals surface area contributed by atoms with E-state index in [9.17, 15) is 9.90 Å². The van der Waals surface area contributed by atoms with E-state index in [1.807, 2.05) is 35.9 Å². The number of carboxylic acids is 1. The fourth-order valence-electron chi connectivity index (χ4n) is 6.66. The number of aliphatic carboxylic acids is 1. The molecule has 0 saturated carbocycles. The molecule has 0 amide bonds. The number of aliphatic hydroxyl groups excluding tert-OH is 1. The molecule has 1 fully saturated rings. The number of carbonyl (C=O) groups is 1. The summed E-state index contributed by atoms with van der Waals surface area (Å²) >= 11 is 8.27. The number of rotatable bonds is 8. The SMILES string of the molecule is Cc1nc(N2CCC3(CC2)Cc2ccccc2[C@H]3N)c(CO)nc1Sc1ccn2cc(-c3cccc(OCC(=O)O)c3)nc2c1Cl.Cl. The lowest BCUT2D eigenvalue weighted by molar-refractivity contribution is -0.139. The summed E-state index contributed by atoms with van der Waals surface area (Å²) in [5, 5.41) is 20.4. The van der Waals surface area contributed by atoms with Gasteiger partial charge in [0.25, 0.3) is 0 Å². The number of pyridine rings is 1. The highest BCUT2D eigenvalue weighted by Gasteiger charge is 2.46. The number of hydrogen-bond donors (Lipinski definition) is 3. The maximum atomic E-state index is 10.9. The van der Waals surface area contributed by atoms with Gasteiger partial charge in [0, 0.05) is 42.0 Å². The molecular formula is C34H34Cl2N6O4S. The average molecular weight is 694 g/mol. The van der Waals surface area contributed by atoms with E-state index in [1.165, 1.54) is 22.9 Å². The van der Waals surface area contributed by atoms with Gasteiger partial charge in [0.2, 0.25) is 0 Å². The first-order valence-electron chi connectivity index (χ1n) is 15.1. The van der Waals surface area contributed by atoms with Gasteiger partial charge in [-0.2, -0.15) is 0 Å². The maximum absolute atomic E-state index is 10.9. The zero-order valence-corrected chi connectivity index (χ0v) is 28.0. The third kappa shape index (κ3) is 6.26. The lowest BCUT2D eigenvalue weighted by Crippen LogP contribution is -2.45. The zero-order valence-electron chi connectivity index (χ0n) is 25.6. The predicted molar refractivity (Wildman–Crippen MR) is 184 cm³/mol. The topological polar surface area (TPSA) is 139 Å². The van der Waals surface area contributed by atoms with E-state index in [0.717, 1.165) is 54.3 Å². The van der Waals surface area contributed by atoms with E-state index in [0.29, 0.717) is 32.8 Å². The molecule has 2 aliphatic rings. The summed E-state index contributed by atoms with van der Waals surface area (Å²) in [5.74, 6) is 0.113. The molecule has 4 N–H and O–H groups in total. The van der Waals surface area contributed by atoms with E-state index in [-0.39, 0.29) is 30.5 Å². The van der Waals surface area contributed by atoms with Crippen LogP contribution >= 0.6 is 35.8 Å². The van der Waals surface area contributed by atoms with E-state index in [4.69, 9.17) is 42.1 Å². The Kier molecular flexibility index (Phi) is 9.37. The van der Waals surface area contributed by atoms with Crippen LogP contribution in [0.1, 0.15) is 41.4 Å². The number of anilines is 1. The molecule has 1 spiro atoms. The molecule has 0 radical (unpaired) electrons. The highest BCUT2D eigenvalue weighted by molar-refractivity contribution is 7.99. The van der Waals surface area contributed by atoms with E-state index < -0.39 is 12.6 Å². The Morgan fingerprint density at radius 3 is 2.66 bits per heavy atom. The van der Waals surface area contributed by atoms with Gasteiger partial charge in [-0.1, -0.05) is 59.8 Å². The van der Waals surface area contributed by atoms with Gasteiger partial charge < -0.3 is 30.0 Å². The van der Waals surface area contributed by atoms with Gasteiger partial charge in [-0.05, 0) is 60.9 Å². The standard InChI is InChI=1S/C34H33ClN6O4S.ClH/c1-20-33(39-26(18-42)31(37-20)40-13-10-34(11-14-40)16-22-5-2-3-8-24(22)30(34)36)46-27-9-12-41-17-25(38-32(41)29(27)35)21-6-4-7-23(15-21)45-19-28(43)44;/h2-9,12,15,17,30,42H,10-11,13-14,16,18-19,36H2,1H3,(H,43,44);1H/t30-;/m1./s1. The highest BCUT2D eigenvalue weighted by Crippen LogP contribution is 2.51. The Morgan fingerprint density at radius 2 is 1.91 bits per heavy atom. The van der Waals surface area contributed by atoms with Crippen molar-refractivity contribution in [2.24, 2.45) is 11.1 Å². The Bertz CT molecular complexity index is 1960. The lowest BCUT2D eigenvalue weighted by Gasteiger charge is -2.43. The van der Waals surface area contributed by atoms with Crippen LogP contribution in [0.4, 0.5) is 5.82 Å². The van der Waals surface area contributed by atoms with Gasteiger partial charge in [0.15, 0.2) is 18.1 Å². The van der Waals surface area contributed by atoms with Crippen molar-refractivity contribution in [2.75, 3.05) is 24.6 Å². The van der Waals surface area contributed by atoms with E-state index in [2.05, 4.69) is 29.2 Å². The van der Waals surface area contributed by atoms with Crippen molar-refractivity contribution in [3.63, 3.8) is 0 Å². The minimum atomic E-state index is -1.05. The summed E-state index contributed by atoms with van der Waals surface area (Å²) < 4.78 is 7.16. The lowest BCUT2D eigenvalue weighted by atomic mass is 9.73. The number of carboxylic acid groups (broad SMARTS) is 1. The summed E-state index contributed by atoms with van der Waals surface area (Å²) in [6.45, 7) is 2.87. The number of fused-ring (bicyclic) bond motifs is 2. The summed E-state index contributed by atoms with van der Waals surface area (Å²) in [6, 6.07) is 17.6. The minimum absolute atomic E-state index is 0. The molecule has 1 aliphatic heterocycles. The molecule has 0 bridgehead atoms. The van der Waals surface area contributed by atoms with Crippen molar-refractivity contribution in [1.82, 2.24) is 19.4 Å². The second-order valence-electron chi connectivity index (χ2n) is 11.9. The van der Waals surface area contributed by atoms with Crippen LogP contribution in [0.2, 0.25) is 5.02 Å². The van der Waals surface area contributed by atoms with Gasteiger partial charge in [-0.15, -0.1) is 12.4 Å². The van der Waals surface area contributed by atoms with Crippen LogP contribution in [0.25, 0.3) is 16.9 Å². The number of aliphatic hydroxyl groups is 1. The maximum Gasteiger partial charge on any atom is 0.341 e. The van der Waals surface area contributed by atoms with Gasteiger partial charge >= 0.3 is 5.97 Å². The molecule has 13 heteroatoms. The smallest absolute Gasteiger partial charge is 0.341 e. The molecule has 2 aromatic carbocycles. The van der Waals surface area contributed by atoms with Crippen LogP contribution < -0.4 is 15.4 Å². The van der Waals surface area contributed by atoms with Crippen molar-refractivity contribution >= 4 is 53.2 Å². The van der Waals surface area contributed by atoms with Crippen LogP contribution in [-0.2, 0) is 17.8 Å². The van der Waals surface area contributed by atoms with Crippen LogP contribution in [0, 0.1) is 12.3 Å². The largest absolute Gasteiger partial charge is 0.482 e. The molecule has 7 rings (SSSR count). The number of aromatic nitrogens is 4. The third-order valence-corrected chi connectivity index (χ3v) is 10.7. The second kappa shape index (κ2) is 13.3. The number of piperidine rings is 1. The first-order chi connectivity index (χ1) is 22.2. The van der Waals surface area contributed by atoms with Crippen LogP contribution in [0.3, 0.4) is 0 Å². The quantitative estimate of drug-likeness (QED) is 0.174. The Morgan fingerprint density at radius 1 is 1.13 bits per heavy atom. The molecule has 47 heavy (non-hydrogen) atoms. The number of benzene rings is 2. The molecule has 4 heterocycles. The molecule has 1 aliphatic carbocycles. The average Bonchev–Trinajstić information content (AvgIpc) is 3.62. The van der Waals surface area contributed by atoms with Crippen LogP contribution in [-0.4, -0.2) is 55.2 Å². The molecule has 10 nitrogen and oxygen atoms in total. The number of nitrogens with zero attached hydrogens (tertiary/aromatic N) is 5. The Hall–Kier alpha value is -3.87. The molecule has 0 unspecified atom stereocenters. The molecule has 3 aromatic heterocycles. The monoisotopic (exact) mass is 692 g/mol. The van der Waals surface area contributed by atoms with E-state index in [1.54, 1.807) is 18.2 Å². The van der Waals surface area contributed by atoms with Crippen LogP contribution in [0.15, 0.2) is 76.9 Å². The fourth-order valence-corrected chi connectivity index (χ4v) is 7.85. The Balaban J connectivity index is 0.00000386. The zero-order chi connectivity index (χ0) is 32.0. The summed E-state index contributed by atoms with van der Waals surface area (Å²) in [4.78, 5) is 28.4. The number of nitrogens with two attached hydrogens (primary N) is 1. The van der Waals surface area contributed by atoms with Gasteiger partial charge in [-0.25, -0.2) is 19.7 Å². The molecule has 5 aromatic rings. The third-order valence-electron chi connectivity index (χ3n) is 9.11.